The maximum atomic E-state index is 11.7. The van der Waals surface area contributed by atoms with Crippen molar-refractivity contribution >= 4 is 57.1 Å². The lowest BCUT2D eigenvalue weighted by Crippen LogP contribution is -2.31. The van der Waals surface area contributed by atoms with Crippen molar-refractivity contribution in [3.8, 4) is 0 Å². The van der Waals surface area contributed by atoms with Gasteiger partial charge < -0.3 is 5.32 Å². The third kappa shape index (κ3) is 4.44. The molecule has 1 rings (SSSR count). The molecule has 0 saturated heterocycles. The van der Waals surface area contributed by atoms with E-state index in [2.05, 4.69) is 21.2 Å². The average Bonchev–Trinajstić information content (AvgIpc) is 2.28. The lowest BCUT2D eigenvalue weighted by atomic mass is 10.3. The molecule has 0 fully saturated rings. The molecule has 10 heteroatoms. The van der Waals surface area contributed by atoms with Crippen LogP contribution in [0.2, 0.25) is 0 Å². The summed E-state index contributed by atoms with van der Waals surface area (Å²) >= 11 is 3.08. The zero-order valence-corrected chi connectivity index (χ0v) is 14.4. The molecule has 0 bridgehead atoms. The van der Waals surface area contributed by atoms with Crippen LogP contribution in [0.4, 0.5) is 5.69 Å². The third-order valence-corrected chi connectivity index (χ3v) is 6.00. The number of anilines is 1. The van der Waals surface area contributed by atoms with Gasteiger partial charge in [-0.15, -0.1) is 0 Å². The second kappa shape index (κ2) is 6.00. The van der Waals surface area contributed by atoms with E-state index < -0.39 is 30.0 Å². The minimum atomic E-state index is -3.88. The number of sulfone groups is 1. The molecule has 0 aliphatic heterocycles. The lowest BCUT2D eigenvalue weighted by molar-refractivity contribution is -0.115. The molecule has 6 nitrogen and oxygen atoms in total. The van der Waals surface area contributed by atoms with Gasteiger partial charge in [0.05, 0.1) is 10.6 Å². The molecule has 1 atom stereocenters. The van der Waals surface area contributed by atoms with E-state index in [-0.39, 0.29) is 15.1 Å². The summed E-state index contributed by atoms with van der Waals surface area (Å²) in [4.78, 5) is 11.6. The SMILES string of the molecule is CC(C(=O)Nc1ccc(S(=O)(=O)Cl)cc1Br)S(C)(=O)=O. The van der Waals surface area contributed by atoms with Gasteiger partial charge in [-0.05, 0) is 41.1 Å². The van der Waals surface area contributed by atoms with Gasteiger partial charge in [0.1, 0.15) is 5.25 Å². The first-order valence-corrected chi connectivity index (χ1v) is 10.2. The molecule has 1 aromatic rings. The van der Waals surface area contributed by atoms with Gasteiger partial charge in [0.25, 0.3) is 9.05 Å². The van der Waals surface area contributed by atoms with Crippen molar-refractivity contribution < 1.29 is 21.6 Å². The molecular weight excluding hydrogens is 394 g/mol. The van der Waals surface area contributed by atoms with Gasteiger partial charge in [-0.1, -0.05) is 0 Å². The predicted octanol–water partition coefficient (Wildman–Crippen LogP) is 1.75. The Bertz CT molecular complexity index is 745. The molecule has 0 aromatic heterocycles. The Labute approximate surface area is 130 Å². The lowest BCUT2D eigenvalue weighted by Gasteiger charge is -2.12. The van der Waals surface area contributed by atoms with Crippen molar-refractivity contribution in [2.24, 2.45) is 0 Å². The summed E-state index contributed by atoms with van der Waals surface area (Å²) in [6, 6.07) is 3.73. The molecule has 0 saturated carbocycles. The summed E-state index contributed by atoms with van der Waals surface area (Å²) in [6.07, 6.45) is 0.954. The van der Waals surface area contributed by atoms with Gasteiger partial charge in [0.15, 0.2) is 9.84 Å². The Morgan fingerprint density at radius 3 is 2.25 bits per heavy atom. The molecular formula is C10H11BrClNO5S2. The molecule has 1 aromatic carbocycles. The van der Waals surface area contributed by atoms with Crippen LogP contribution in [0.3, 0.4) is 0 Å². The van der Waals surface area contributed by atoms with Crippen molar-refractivity contribution in [3.63, 3.8) is 0 Å². The average molecular weight is 405 g/mol. The Kier molecular flexibility index (Phi) is 5.23. The van der Waals surface area contributed by atoms with Crippen LogP contribution in [0.5, 0.6) is 0 Å². The summed E-state index contributed by atoms with van der Waals surface area (Å²) in [5.41, 5.74) is 0.245. The number of carbonyl (C=O) groups excluding carboxylic acids is 1. The first kappa shape index (κ1) is 17.4. The molecule has 1 unspecified atom stereocenters. The standard InChI is InChI=1S/C10H11BrClNO5S2/c1-6(19(2,15)16)10(14)13-9-4-3-7(5-8(9)11)20(12,17)18/h3-6H,1-2H3,(H,13,14). The van der Waals surface area contributed by atoms with Crippen LogP contribution in [-0.2, 0) is 23.7 Å². The summed E-state index contributed by atoms with van der Waals surface area (Å²) in [7, 11) is -2.20. The van der Waals surface area contributed by atoms with Gasteiger partial charge in [-0.2, -0.15) is 0 Å². The van der Waals surface area contributed by atoms with Gasteiger partial charge in [-0.3, -0.25) is 4.79 Å². The molecule has 20 heavy (non-hydrogen) atoms. The van der Waals surface area contributed by atoms with E-state index in [0.717, 1.165) is 6.26 Å². The Morgan fingerprint density at radius 2 is 1.85 bits per heavy atom. The topological polar surface area (TPSA) is 97.4 Å². The third-order valence-electron chi connectivity index (χ3n) is 2.49. The molecule has 0 spiro atoms. The fourth-order valence-corrected chi connectivity index (χ4v) is 3.03. The van der Waals surface area contributed by atoms with Gasteiger partial charge in [0.2, 0.25) is 5.91 Å². The fraction of sp³-hybridized carbons (Fsp3) is 0.300. The van der Waals surface area contributed by atoms with Crippen LogP contribution < -0.4 is 5.32 Å². The number of benzene rings is 1. The summed E-state index contributed by atoms with van der Waals surface area (Å²) in [5, 5.41) is 1.18. The number of amides is 1. The monoisotopic (exact) mass is 403 g/mol. The van der Waals surface area contributed by atoms with Crippen LogP contribution in [0, 0.1) is 0 Å². The number of hydrogen-bond donors (Lipinski definition) is 1. The van der Waals surface area contributed by atoms with E-state index in [9.17, 15) is 21.6 Å². The zero-order chi connectivity index (χ0) is 15.7. The van der Waals surface area contributed by atoms with Crippen molar-refractivity contribution in [1.29, 1.82) is 0 Å². The van der Waals surface area contributed by atoms with E-state index in [1.54, 1.807) is 0 Å². The molecule has 112 valence electrons. The zero-order valence-electron chi connectivity index (χ0n) is 10.4. The Balaban J connectivity index is 3.04. The number of halogens is 2. The van der Waals surface area contributed by atoms with E-state index in [1.807, 2.05) is 0 Å². The molecule has 1 N–H and O–H groups in total. The van der Waals surface area contributed by atoms with Crippen molar-refractivity contribution in [2.75, 3.05) is 11.6 Å². The summed E-state index contributed by atoms with van der Waals surface area (Å²) < 4.78 is 45.1. The first-order chi connectivity index (χ1) is 8.93. The molecule has 0 aliphatic carbocycles. The highest BCUT2D eigenvalue weighted by Crippen LogP contribution is 2.27. The highest BCUT2D eigenvalue weighted by Gasteiger charge is 2.24. The van der Waals surface area contributed by atoms with Crippen LogP contribution in [0.1, 0.15) is 6.92 Å². The minimum Gasteiger partial charge on any atom is -0.324 e. The molecule has 0 aliphatic rings. The van der Waals surface area contributed by atoms with Gasteiger partial charge >= 0.3 is 0 Å². The van der Waals surface area contributed by atoms with Crippen LogP contribution >= 0.6 is 26.6 Å². The fourth-order valence-electron chi connectivity index (χ4n) is 1.18. The van der Waals surface area contributed by atoms with Crippen LogP contribution in [-0.4, -0.2) is 34.2 Å². The quantitative estimate of drug-likeness (QED) is 0.771. The van der Waals surface area contributed by atoms with E-state index in [0.29, 0.717) is 0 Å². The summed E-state index contributed by atoms with van der Waals surface area (Å²) in [6.45, 7) is 1.26. The Morgan fingerprint density at radius 1 is 1.30 bits per heavy atom. The van der Waals surface area contributed by atoms with Crippen molar-refractivity contribution in [2.45, 2.75) is 17.1 Å². The van der Waals surface area contributed by atoms with Crippen molar-refractivity contribution in [1.82, 2.24) is 0 Å². The van der Waals surface area contributed by atoms with E-state index in [4.69, 9.17) is 10.7 Å². The number of nitrogens with one attached hydrogen (secondary N) is 1. The highest BCUT2D eigenvalue weighted by molar-refractivity contribution is 9.10. The molecule has 0 heterocycles. The summed E-state index contributed by atoms with van der Waals surface area (Å²) in [5.74, 6) is -0.713. The minimum absolute atomic E-state index is 0.139. The van der Waals surface area contributed by atoms with E-state index in [1.165, 1.54) is 25.1 Å². The number of carbonyl (C=O) groups is 1. The maximum absolute atomic E-state index is 11.7. The molecule has 0 radical (unpaired) electrons. The predicted molar refractivity (Wildman–Crippen MR) is 80.1 cm³/mol. The van der Waals surface area contributed by atoms with Crippen molar-refractivity contribution in [3.05, 3.63) is 22.7 Å². The second-order valence-electron chi connectivity index (χ2n) is 4.04. The second-order valence-corrected chi connectivity index (χ2v) is 9.83. The largest absolute Gasteiger partial charge is 0.324 e. The van der Waals surface area contributed by atoms with Crippen LogP contribution in [0.25, 0.3) is 0 Å². The molecule has 1 amide bonds. The number of hydrogen-bond acceptors (Lipinski definition) is 5. The van der Waals surface area contributed by atoms with Gasteiger partial charge in [-0.25, -0.2) is 16.8 Å². The highest BCUT2D eigenvalue weighted by atomic mass is 79.9. The smallest absolute Gasteiger partial charge is 0.261 e. The normalized spacial score (nSPS) is 13.8. The van der Waals surface area contributed by atoms with E-state index >= 15 is 0 Å². The maximum Gasteiger partial charge on any atom is 0.261 e. The van der Waals surface area contributed by atoms with Gasteiger partial charge in [0, 0.05) is 21.4 Å². The first-order valence-electron chi connectivity index (χ1n) is 5.17. The number of rotatable bonds is 4. The Hall–Kier alpha value is -0.640. The van der Waals surface area contributed by atoms with Crippen LogP contribution in [0.15, 0.2) is 27.6 Å².